The van der Waals surface area contributed by atoms with Crippen molar-refractivity contribution in [2.45, 2.75) is 25.7 Å². The lowest BCUT2D eigenvalue weighted by Crippen LogP contribution is -2.20. The smallest absolute Gasteiger partial charge is 0.162 e. The average Bonchev–Trinajstić information content (AvgIpc) is 2.57. The lowest BCUT2D eigenvalue weighted by atomic mass is 9.93. The van der Waals surface area contributed by atoms with E-state index < -0.39 is 0 Å². The molecule has 1 fully saturated rings. The summed E-state index contributed by atoms with van der Waals surface area (Å²) in [5.74, 6) is 1.05. The van der Waals surface area contributed by atoms with E-state index in [4.69, 9.17) is 0 Å². The lowest BCUT2D eigenvalue weighted by molar-refractivity contribution is -0.116. The molecule has 3 heteroatoms. The molecule has 112 valence electrons. The first kappa shape index (κ1) is 14.4. The summed E-state index contributed by atoms with van der Waals surface area (Å²) in [6.07, 6.45) is 3.53. The van der Waals surface area contributed by atoms with Crippen molar-refractivity contribution in [1.29, 1.82) is 0 Å². The summed E-state index contributed by atoms with van der Waals surface area (Å²) in [6.45, 7) is 0. The van der Waals surface area contributed by atoms with E-state index in [-0.39, 0.29) is 5.78 Å². The molecule has 22 heavy (non-hydrogen) atoms. The highest BCUT2D eigenvalue weighted by Gasteiger charge is 2.20. The molecule has 3 nitrogen and oxygen atoms in total. The van der Waals surface area contributed by atoms with Gasteiger partial charge in [0.15, 0.2) is 5.78 Å². The first-order valence-corrected chi connectivity index (χ1v) is 7.73. The number of anilines is 2. The van der Waals surface area contributed by atoms with Gasteiger partial charge < -0.3 is 10.6 Å². The Morgan fingerprint density at radius 3 is 1.73 bits per heavy atom. The Labute approximate surface area is 131 Å². The Balaban J connectivity index is 1.91. The quantitative estimate of drug-likeness (QED) is 0.811. The molecule has 0 aliphatic heterocycles. The number of hydrogen-bond donors (Lipinski definition) is 2. The van der Waals surface area contributed by atoms with E-state index in [2.05, 4.69) is 10.6 Å². The summed E-state index contributed by atoms with van der Waals surface area (Å²) in [4.78, 5) is 12.3. The number of nitrogens with one attached hydrogen (secondary N) is 2. The van der Waals surface area contributed by atoms with Crippen molar-refractivity contribution in [1.82, 2.24) is 0 Å². The maximum Gasteiger partial charge on any atom is 0.162 e. The molecule has 2 aromatic carbocycles. The van der Waals surface area contributed by atoms with Crippen LogP contribution in [-0.4, -0.2) is 5.78 Å². The fourth-order valence-electron chi connectivity index (χ4n) is 2.66. The SMILES string of the molecule is O=C1CCCCC1=C(Nc1ccccc1)Nc1ccccc1. The van der Waals surface area contributed by atoms with E-state index in [0.29, 0.717) is 6.42 Å². The summed E-state index contributed by atoms with van der Waals surface area (Å²) >= 11 is 0. The zero-order valence-corrected chi connectivity index (χ0v) is 12.5. The highest BCUT2D eigenvalue weighted by molar-refractivity contribution is 5.97. The highest BCUT2D eigenvalue weighted by Crippen LogP contribution is 2.25. The van der Waals surface area contributed by atoms with Crippen LogP contribution in [0.25, 0.3) is 0 Å². The fourth-order valence-corrected chi connectivity index (χ4v) is 2.66. The van der Waals surface area contributed by atoms with Gasteiger partial charge in [0.25, 0.3) is 0 Å². The van der Waals surface area contributed by atoms with E-state index in [1.165, 1.54) is 0 Å². The molecule has 0 spiro atoms. The number of benzene rings is 2. The zero-order valence-electron chi connectivity index (χ0n) is 12.5. The number of hydrogen-bond acceptors (Lipinski definition) is 3. The van der Waals surface area contributed by atoms with Crippen LogP contribution in [0.3, 0.4) is 0 Å². The Morgan fingerprint density at radius 2 is 1.23 bits per heavy atom. The molecule has 1 aliphatic carbocycles. The maximum atomic E-state index is 12.3. The van der Waals surface area contributed by atoms with Crippen LogP contribution in [0.15, 0.2) is 72.1 Å². The Morgan fingerprint density at radius 1 is 0.727 bits per heavy atom. The van der Waals surface area contributed by atoms with Gasteiger partial charge in [0.1, 0.15) is 5.82 Å². The maximum absolute atomic E-state index is 12.3. The molecule has 0 aromatic heterocycles. The normalized spacial score (nSPS) is 14.5. The minimum atomic E-state index is 0.244. The minimum absolute atomic E-state index is 0.244. The van der Waals surface area contributed by atoms with Crippen molar-refractivity contribution in [3.63, 3.8) is 0 Å². The van der Waals surface area contributed by atoms with Gasteiger partial charge in [-0.15, -0.1) is 0 Å². The van der Waals surface area contributed by atoms with Gasteiger partial charge in [-0.2, -0.15) is 0 Å². The highest BCUT2D eigenvalue weighted by atomic mass is 16.1. The summed E-state index contributed by atoms with van der Waals surface area (Å²) in [5.41, 5.74) is 2.83. The van der Waals surface area contributed by atoms with E-state index in [9.17, 15) is 4.79 Å². The van der Waals surface area contributed by atoms with Crippen LogP contribution in [0.1, 0.15) is 25.7 Å². The van der Waals surface area contributed by atoms with Gasteiger partial charge in [0.05, 0.1) is 0 Å². The van der Waals surface area contributed by atoms with Crippen molar-refractivity contribution in [2.24, 2.45) is 0 Å². The fraction of sp³-hybridized carbons (Fsp3) is 0.211. The number of allylic oxidation sites excluding steroid dienone is 1. The molecule has 0 atom stereocenters. The van der Waals surface area contributed by atoms with E-state index >= 15 is 0 Å². The Kier molecular flexibility index (Phi) is 4.54. The zero-order chi connectivity index (χ0) is 15.2. The average molecular weight is 292 g/mol. The van der Waals surface area contributed by atoms with Gasteiger partial charge in [0, 0.05) is 23.4 Å². The second-order valence-electron chi connectivity index (χ2n) is 5.47. The molecule has 3 rings (SSSR count). The minimum Gasteiger partial charge on any atom is -0.341 e. The molecule has 2 aromatic rings. The molecule has 1 aliphatic rings. The van der Waals surface area contributed by atoms with Gasteiger partial charge in [-0.25, -0.2) is 0 Å². The molecule has 0 unspecified atom stereocenters. The first-order chi connectivity index (χ1) is 10.8. The summed E-state index contributed by atoms with van der Waals surface area (Å²) in [7, 11) is 0. The lowest BCUT2D eigenvalue weighted by Gasteiger charge is -2.21. The third-order valence-electron chi connectivity index (χ3n) is 3.81. The molecule has 0 radical (unpaired) electrons. The summed E-state index contributed by atoms with van der Waals surface area (Å²) in [6, 6.07) is 19.9. The second kappa shape index (κ2) is 6.94. The van der Waals surface area contributed by atoms with Crippen LogP contribution in [0, 0.1) is 0 Å². The molecule has 1 saturated carbocycles. The third-order valence-corrected chi connectivity index (χ3v) is 3.81. The standard InChI is InChI=1S/C19H20N2O/c22-18-14-8-7-13-17(18)19(20-15-9-3-1-4-10-15)21-16-11-5-2-6-12-16/h1-6,9-12,20-21H,7-8,13-14H2. The molecule has 0 amide bonds. The van der Waals surface area contributed by atoms with Crippen molar-refractivity contribution >= 4 is 17.2 Å². The van der Waals surface area contributed by atoms with Gasteiger partial charge in [-0.1, -0.05) is 36.4 Å². The van der Waals surface area contributed by atoms with Crippen LogP contribution in [-0.2, 0) is 4.79 Å². The third kappa shape index (κ3) is 3.55. The second-order valence-corrected chi connectivity index (χ2v) is 5.47. The number of Topliss-reactive ketones (excluding diaryl/α,β-unsaturated/α-hetero) is 1. The molecule has 0 saturated heterocycles. The molecule has 0 heterocycles. The topological polar surface area (TPSA) is 41.1 Å². The van der Waals surface area contributed by atoms with Crippen molar-refractivity contribution < 1.29 is 4.79 Å². The number of para-hydroxylation sites is 2. The van der Waals surface area contributed by atoms with Crippen LogP contribution >= 0.6 is 0 Å². The van der Waals surface area contributed by atoms with Gasteiger partial charge in [-0.3, -0.25) is 4.79 Å². The summed E-state index contributed by atoms with van der Waals surface area (Å²) in [5, 5.41) is 6.75. The largest absolute Gasteiger partial charge is 0.341 e. The number of ketones is 1. The first-order valence-electron chi connectivity index (χ1n) is 7.73. The monoisotopic (exact) mass is 292 g/mol. The predicted octanol–water partition coefficient (Wildman–Crippen LogP) is 4.57. The molecular formula is C19H20N2O. The van der Waals surface area contributed by atoms with Crippen LogP contribution in [0.4, 0.5) is 11.4 Å². The van der Waals surface area contributed by atoms with Gasteiger partial charge in [0.2, 0.25) is 0 Å². The van der Waals surface area contributed by atoms with Gasteiger partial charge >= 0.3 is 0 Å². The number of rotatable bonds is 4. The molecule has 2 N–H and O–H groups in total. The molecule has 0 bridgehead atoms. The van der Waals surface area contributed by atoms with Crippen molar-refractivity contribution in [3.05, 3.63) is 72.1 Å². The van der Waals surface area contributed by atoms with Crippen molar-refractivity contribution in [3.8, 4) is 0 Å². The van der Waals surface area contributed by atoms with Crippen LogP contribution < -0.4 is 10.6 Å². The van der Waals surface area contributed by atoms with Crippen LogP contribution in [0.5, 0.6) is 0 Å². The van der Waals surface area contributed by atoms with E-state index in [1.54, 1.807) is 0 Å². The Hall–Kier alpha value is -2.55. The van der Waals surface area contributed by atoms with Gasteiger partial charge in [-0.05, 0) is 43.5 Å². The predicted molar refractivity (Wildman–Crippen MR) is 90.6 cm³/mol. The number of carbonyl (C=O) groups is 1. The van der Waals surface area contributed by atoms with E-state index in [0.717, 1.165) is 42.0 Å². The van der Waals surface area contributed by atoms with E-state index in [1.807, 2.05) is 60.7 Å². The molecular weight excluding hydrogens is 272 g/mol. The number of carbonyl (C=O) groups excluding carboxylic acids is 1. The Bertz CT molecular complexity index is 619. The van der Waals surface area contributed by atoms with Crippen molar-refractivity contribution in [2.75, 3.05) is 10.6 Å². The summed E-state index contributed by atoms with van der Waals surface area (Å²) < 4.78 is 0. The van der Waals surface area contributed by atoms with Crippen LogP contribution in [0.2, 0.25) is 0 Å².